The van der Waals surface area contributed by atoms with Crippen molar-refractivity contribution in [2.24, 2.45) is 5.41 Å². The molecule has 2 aromatic heterocycles. The highest BCUT2D eigenvalue weighted by Gasteiger charge is 2.67. The van der Waals surface area contributed by atoms with Crippen molar-refractivity contribution >= 4 is 40.0 Å². The molecule has 2 bridgehead atoms. The van der Waals surface area contributed by atoms with E-state index in [-0.39, 0.29) is 42.4 Å². The van der Waals surface area contributed by atoms with E-state index in [1.165, 1.54) is 6.92 Å². The molecular formula is C40H44FN7O4. The van der Waals surface area contributed by atoms with Crippen LogP contribution in [0.4, 0.5) is 4.39 Å². The van der Waals surface area contributed by atoms with Gasteiger partial charge in [0.2, 0.25) is 17.7 Å². The van der Waals surface area contributed by atoms with Crippen molar-refractivity contribution in [1.29, 1.82) is 0 Å². The Morgan fingerprint density at radius 3 is 2.44 bits per heavy atom. The topological polar surface area (TPSA) is 139 Å². The number of hydrogen-bond donors (Lipinski definition) is 2. The molecule has 270 valence electrons. The third-order valence-electron chi connectivity index (χ3n) is 10.9. The first-order valence-corrected chi connectivity index (χ1v) is 18.1. The first kappa shape index (κ1) is 35.2. The summed E-state index contributed by atoms with van der Waals surface area (Å²) >= 11 is 0. The Bertz CT molecular complexity index is 2080. The van der Waals surface area contributed by atoms with Crippen LogP contribution in [0.5, 0.6) is 0 Å². The molecule has 7 rings (SSSR count). The maximum atomic E-state index is 15.3. The van der Waals surface area contributed by atoms with Crippen LogP contribution >= 0.6 is 0 Å². The number of rotatable bonds is 6. The molecule has 0 spiro atoms. The zero-order valence-electron chi connectivity index (χ0n) is 29.9. The molecule has 1 saturated carbocycles. The molecule has 0 radical (unpaired) electrons. The molecule has 4 aromatic rings. The Hall–Kier alpha value is -5.26. The Balaban J connectivity index is 1.23. The fourth-order valence-electron chi connectivity index (χ4n) is 7.93. The van der Waals surface area contributed by atoms with E-state index >= 15 is 4.39 Å². The van der Waals surface area contributed by atoms with Gasteiger partial charge in [-0.1, -0.05) is 43.2 Å². The molecule has 2 fully saturated rings. The summed E-state index contributed by atoms with van der Waals surface area (Å²) < 4.78 is 16.9. The first-order chi connectivity index (χ1) is 25.0. The Labute approximate surface area is 302 Å². The van der Waals surface area contributed by atoms with Gasteiger partial charge in [-0.15, -0.1) is 0 Å². The summed E-state index contributed by atoms with van der Waals surface area (Å²) in [6.07, 6.45) is 8.98. The van der Waals surface area contributed by atoms with Crippen LogP contribution in [0.1, 0.15) is 86.2 Å². The summed E-state index contributed by atoms with van der Waals surface area (Å²) in [5, 5.41) is 11.2. The highest BCUT2D eigenvalue weighted by atomic mass is 19.1. The number of carbonyl (C=O) groups excluding carboxylic acids is 4. The van der Waals surface area contributed by atoms with Crippen molar-refractivity contribution in [3.05, 3.63) is 83.3 Å². The number of nitrogens with one attached hydrogen (secondary N) is 2. The maximum Gasteiger partial charge on any atom is 0.245 e. The second-order valence-corrected chi connectivity index (χ2v) is 14.5. The Kier molecular flexibility index (Phi) is 9.73. The van der Waals surface area contributed by atoms with E-state index < -0.39 is 23.2 Å². The summed E-state index contributed by atoms with van der Waals surface area (Å²) in [7, 11) is 0. The highest BCUT2D eigenvalue weighted by molar-refractivity contribution is 6.07. The summed E-state index contributed by atoms with van der Waals surface area (Å²) in [6.45, 7) is 4.82. The number of allylic oxidation sites excluding steroid dienone is 1. The van der Waals surface area contributed by atoms with E-state index in [2.05, 4.69) is 26.7 Å². The minimum atomic E-state index is -0.853. The lowest BCUT2D eigenvalue weighted by Crippen LogP contribution is -2.49. The lowest BCUT2D eigenvalue weighted by Gasteiger charge is -2.27. The number of piperidine rings is 1. The number of carbonyl (C=O) groups is 4. The SMILES string of the molecule is CC(=O)c1nn2c3c(cc(-c4cnc(C)nc4)cc13)CCCCCCC(=O)NC[C@@]13C[C@@H](C(=O)NC/C(F)=C(/C)c4ccccc4)N(C(=O)C2)[C@@H]1C3. The minimum absolute atomic E-state index is 0.0367. The number of aryl methyl sites for hydroxylation is 2. The van der Waals surface area contributed by atoms with E-state index in [9.17, 15) is 19.2 Å². The van der Waals surface area contributed by atoms with Crippen molar-refractivity contribution in [3.63, 3.8) is 0 Å². The number of halogens is 1. The van der Waals surface area contributed by atoms with Crippen LogP contribution in [0.2, 0.25) is 0 Å². The van der Waals surface area contributed by atoms with E-state index in [0.717, 1.165) is 47.9 Å². The Morgan fingerprint density at radius 2 is 1.71 bits per heavy atom. The largest absolute Gasteiger partial charge is 0.355 e. The minimum Gasteiger partial charge on any atom is -0.355 e. The lowest BCUT2D eigenvalue weighted by atomic mass is 9.96. The van der Waals surface area contributed by atoms with Gasteiger partial charge in [-0.3, -0.25) is 23.9 Å². The van der Waals surface area contributed by atoms with Crippen LogP contribution in [0.15, 0.2) is 60.7 Å². The quantitative estimate of drug-likeness (QED) is 0.253. The van der Waals surface area contributed by atoms with Gasteiger partial charge in [-0.2, -0.15) is 5.10 Å². The van der Waals surface area contributed by atoms with Gasteiger partial charge in [0, 0.05) is 54.7 Å². The van der Waals surface area contributed by atoms with Gasteiger partial charge in [0.05, 0.1) is 12.1 Å². The number of nitrogens with zero attached hydrogens (tertiary/aromatic N) is 5. The van der Waals surface area contributed by atoms with Crippen LogP contribution in [0, 0.1) is 12.3 Å². The lowest BCUT2D eigenvalue weighted by molar-refractivity contribution is -0.140. The van der Waals surface area contributed by atoms with Crippen molar-refractivity contribution in [2.75, 3.05) is 13.1 Å². The second-order valence-electron chi connectivity index (χ2n) is 14.5. The van der Waals surface area contributed by atoms with E-state index in [4.69, 9.17) is 5.10 Å². The zero-order valence-corrected chi connectivity index (χ0v) is 29.9. The summed E-state index contributed by atoms with van der Waals surface area (Å²) in [4.78, 5) is 64.5. The summed E-state index contributed by atoms with van der Waals surface area (Å²) in [6, 6.07) is 12.0. The molecule has 1 saturated heterocycles. The molecule has 12 heteroatoms. The fraction of sp³-hybridized carbons (Fsp3) is 0.425. The van der Waals surface area contributed by atoms with Crippen LogP contribution in [0.3, 0.4) is 0 Å². The second kappa shape index (κ2) is 14.4. The predicted molar refractivity (Wildman–Crippen MR) is 195 cm³/mol. The average Bonchev–Trinajstić information content (AvgIpc) is 3.55. The number of ketones is 1. The first-order valence-electron chi connectivity index (χ1n) is 18.1. The van der Waals surface area contributed by atoms with Crippen LogP contribution in [-0.4, -0.2) is 73.3 Å². The molecule has 3 aliphatic rings. The number of Topliss-reactive ketones (excluding diaryl/α,β-unsaturated/α-hetero) is 1. The molecule has 52 heavy (non-hydrogen) atoms. The molecule has 0 unspecified atom stereocenters. The molecule has 4 heterocycles. The molecule has 2 N–H and O–H groups in total. The standard InChI is InChI=1S/C40H44FN7O4/c1-24(27-11-8-6-9-12-27)32(41)21-44-39(52)33-17-40-18-34(40)48(33)36(51)22-47-38-28(13-7-4-5-10-14-35(50)45-23-40)15-29(30-19-42-26(3)43-20-30)16-31(38)37(46-47)25(2)49/h6,8-9,11-12,15-16,19-20,33-34H,4-5,7,10,13-14,17-18,21-23H2,1-3H3,(H,44,52)(H,45,50)/b32-24+/t33-,34+,40-/m0/s1. The number of benzene rings is 2. The van der Waals surface area contributed by atoms with E-state index in [1.807, 2.05) is 43.3 Å². The van der Waals surface area contributed by atoms with Gasteiger partial charge < -0.3 is 15.5 Å². The Morgan fingerprint density at radius 1 is 0.981 bits per heavy atom. The monoisotopic (exact) mass is 705 g/mol. The zero-order chi connectivity index (χ0) is 36.6. The normalized spacial score (nSPS) is 22.7. The van der Waals surface area contributed by atoms with Crippen LogP contribution < -0.4 is 10.6 Å². The van der Waals surface area contributed by atoms with Crippen LogP contribution in [0.25, 0.3) is 27.6 Å². The molecule has 3 atom stereocenters. The van der Waals surface area contributed by atoms with Crippen LogP contribution in [-0.2, 0) is 27.3 Å². The number of amides is 3. The van der Waals surface area contributed by atoms with Gasteiger partial charge in [-0.25, -0.2) is 14.4 Å². The van der Waals surface area contributed by atoms with Gasteiger partial charge in [0.25, 0.3) is 0 Å². The molecular weight excluding hydrogens is 661 g/mol. The molecule has 3 amide bonds. The van der Waals surface area contributed by atoms with Gasteiger partial charge in [-0.05, 0) is 80.3 Å². The molecule has 2 aliphatic heterocycles. The number of hydrogen-bond acceptors (Lipinski definition) is 7. The summed E-state index contributed by atoms with van der Waals surface area (Å²) in [5.74, 6) is -0.845. The average molecular weight is 706 g/mol. The summed E-state index contributed by atoms with van der Waals surface area (Å²) in [5.41, 5.74) is 4.27. The molecule has 11 nitrogen and oxygen atoms in total. The van der Waals surface area contributed by atoms with E-state index in [0.29, 0.717) is 54.5 Å². The predicted octanol–water partition coefficient (Wildman–Crippen LogP) is 5.50. The van der Waals surface area contributed by atoms with Crippen molar-refractivity contribution in [1.82, 2.24) is 35.3 Å². The fourth-order valence-corrected chi connectivity index (χ4v) is 7.93. The van der Waals surface area contributed by atoms with Crippen molar-refractivity contribution in [3.8, 4) is 11.1 Å². The van der Waals surface area contributed by atoms with E-state index in [1.54, 1.807) is 28.9 Å². The molecule has 2 aromatic carbocycles. The third-order valence-corrected chi connectivity index (χ3v) is 10.9. The number of aromatic nitrogens is 4. The van der Waals surface area contributed by atoms with Gasteiger partial charge >= 0.3 is 0 Å². The van der Waals surface area contributed by atoms with Gasteiger partial charge in [0.15, 0.2) is 5.78 Å². The molecule has 1 aliphatic carbocycles. The maximum absolute atomic E-state index is 15.3. The highest BCUT2D eigenvalue weighted by Crippen LogP contribution is 2.59. The third kappa shape index (κ3) is 6.98. The van der Waals surface area contributed by atoms with Gasteiger partial charge in [0.1, 0.15) is 29.9 Å². The van der Waals surface area contributed by atoms with Crippen molar-refractivity contribution < 1.29 is 23.6 Å². The van der Waals surface area contributed by atoms with Crippen molar-refractivity contribution in [2.45, 2.75) is 90.8 Å². The smallest absolute Gasteiger partial charge is 0.245 e.